The molecule has 114 valence electrons. The molecule has 0 fully saturated rings. The Kier molecular flexibility index (Phi) is 3.54. The fourth-order valence-electron chi connectivity index (χ4n) is 2.41. The van der Waals surface area contributed by atoms with Crippen LogP contribution in [0, 0.1) is 6.92 Å². The number of hydrogen-bond donors (Lipinski definition) is 2. The standard InChI is InChI=1S/C15H16N4O3/c1-9-7-13-17-14(20)8-12(19(13)18-9)15(21)16-10-3-5-11(22-2)6-4-10/h3-7,12H,8H2,1-2H3,(H,16,21)(H,17,20). The van der Waals surface area contributed by atoms with Crippen molar-refractivity contribution >= 4 is 23.3 Å². The molecule has 3 rings (SSSR count). The summed E-state index contributed by atoms with van der Waals surface area (Å²) in [5, 5.41) is 9.79. The maximum atomic E-state index is 12.5. The molecule has 0 saturated heterocycles. The van der Waals surface area contributed by atoms with Crippen LogP contribution < -0.4 is 15.4 Å². The minimum atomic E-state index is -0.653. The van der Waals surface area contributed by atoms with Gasteiger partial charge in [-0.3, -0.25) is 9.59 Å². The minimum absolute atomic E-state index is 0.0656. The van der Waals surface area contributed by atoms with Crippen LogP contribution >= 0.6 is 0 Å². The summed E-state index contributed by atoms with van der Waals surface area (Å²) >= 11 is 0. The Morgan fingerprint density at radius 3 is 2.82 bits per heavy atom. The van der Waals surface area contributed by atoms with E-state index in [2.05, 4.69) is 15.7 Å². The SMILES string of the molecule is COc1ccc(NC(=O)C2CC(=O)Nc3cc(C)nn32)cc1. The molecule has 0 bridgehead atoms. The van der Waals surface area contributed by atoms with E-state index < -0.39 is 6.04 Å². The van der Waals surface area contributed by atoms with Crippen LogP contribution in [0.25, 0.3) is 0 Å². The van der Waals surface area contributed by atoms with Crippen molar-refractivity contribution in [3.8, 4) is 5.75 Å². The second-order valence-electron chi connectivity index (χ2n) is 5.10. The molecule has 0 radical (unpaired) electrons. The lowest BCUT2D eigenvalue weighted by Crippen LogP contribution is -2.35. The molecule has 0 spiro atoms. The zero-order valence-corrected chi connectivity index (χ0v) is 12.3. The molecule has 2 N–H and O–H groups in total. The van der Waals surface area contributed by atoms with Gasteiger partial charge in [-0.05, 0) is 31.2 Å². The topological polar surface area (TPSA) is 85.2 Å². The van der Waals surface area contributed by atoms with Gasteiger partial charge in [-0.2, -0.15) is 5.10 Å². The summed E-state index contributed by atoms with van der Waals surface area (Å²) in [4.78, 5) is 24.2. The Morgan fingerprint density at radius 1 is 1.41 bits per heavy atom. The third-order valence-electron chi connectivity index (χ3n) is 3.46. The van der Waals surface area contributed by atoms with Gasteiger partial charge in [0.15, 0.2) is 0 Å². The Morgan fingerprint density at radius 2 is 2.14 bits per heavy atom. The van der Waals surface area contributed by atoms with Crippen LogP contribution in [0.5, 0.6) is 5.75 Å². The molecule has 1 aliphatic rings. The first kappa shape index (κ1) is 14.1. The quantitative estimate of drug-likeness (QED) is 0.904. The minimum Gasteiger partial charge on any atom is -0.497 e. The predicted octanol–water partition coefficient (Wildman–Crippen LogP) is 1.72. The second-order valence-corrected chi connectivity index (χ2v) is 5.10. The number of aryl methyl sites for hydroxylation is 1. The van der Waals surface area contributed by atoms with Gasteiger partial charge in [-0.1, -0.05) is 0 Å². The van der Waals surface area contributed by atoms with E-state index in [1.54, 1.807) is 42.1 Å². The summed E-state index contributed by atoms with van der Waals surface area (Å²) in [5.74, 6) is 0.787. The number of carbonyl (C=O) groups excluding carboxylic acids is 2. The number of rotatable bonds is 3. The number of aromatic nitrogens is 2. The van der Waals surface area contributed by atoms with Crippen LogP contribution in [-0.4, -0.2) is 28.7 Å². The zero-order chi connectivity index (χ0) is 15.7. The molecule has 1 aromatic carbocycles. The molecular weight excluding hydrogens is 284 g/mol. The van der Waals surface area contributed by atoms with Crippen molar-refractivity contribution in [1.29, 1.82) is 0 Å². The number of amides is 2. The largest absolute Gasteiger partial charge is 0.497 e. The Hall–Kier alpha value is -2.83. The Labute approximate surface area is 127 Å². The first-order valence-electron chi connectivity index (χ1n) is 6.88. The van der Waals surface area contributed by atoms with Crippen LogP contribution in [0.3, 0.4) is 0 Å². The van der Waals surface area contributed by atoms with Crippen LogP contribution in [0.15, 0.2) is 30.3 Å². The molecule has 2 heterocycles. The molecule has 1 aromatic heterocycles. The van der Waals surface area contributed by atoms with Gasteiger partial charge in [0.05, 0.1) is 19.2 Å². The van der Waals surface area contributed by atoms with Gasteiger partial charge in [-0.15, -0.1) is 0 Å². The highest BCUT2D eigenvalue weighted by atomic mass is 16.5. The van der Waals surface area contributed by atoms with Gasteiger partial charge in [0, 0.05) is 11.8 Å². The maximum absolute atomic E-state index is 12.5. The molecule has 2 aromatic rings. The van der Waals surface area contributed by atoms with E-state index in [4.69, 9.17) is 4.74 Å². The molecule has 2 amide bonds. The van der Waals surface area contributed by atoms with Crippen LogP contribution in [0.4, 0.5) is 11.5 Å². The molecular formula is C15H16N4O3. The van der Waals surface area contributed by atoms with Crippen molar-refractivity contribution in [2.45, 2.75) is 19.4 Å². The lowest BCUT2D eigenvalue weighted by atomic mass is 10.1. The fraction of sp³-hybridized carbons (Fsp3) is 0.267. The van der Waals surface area contributed by atoms with Crippen LogP contribution in [-0.2, 0) is 9.59 Å². The van der Waals surface area contributed by atoms with E-state index in [1.807, 2.05) is 6.92 Å². The van der Waals surface area contributed by atoms with Gasteiger partial charge in [0.2, 0.25) is 11.8 Å². The summed E-state index contributed by atoms with van der Waals surface area (Å²) < 4.78 is 6.63. The van der Waals surface area contributed by atoms with Crippen LogP contribution in [0.1, 0.15) is 18.2 Å². The van der Waals surface area contributed by atoms with Gasteiger partial charge in [0.25, 0.3) is 0 Å². The fourth-order valence-corrected chi connectivity index (χ4v) is 2.41. The number of ether oxygens (including phenoxy) is 1. The maximum Gasteiger partial charge on any atom is 0.249 e. The summed E-state index contributed by atoms with van der Waals surface area (Å²) in [5.41, 5.74) is 1.39. The number of carbonyl (C=O) groups is 2. The zero-order valence-electron chi connectivity index (χ0n) is 12.3. The molecule has 7 nitrogen and oxygen atoms in total. The van der Waals surface area contributed by atoms with E-state index in [0.29, 0.717) is 17.3 Å². The number of fused-ring (bicyclic) bond motifs is 1. The molecule has 22 heavy (non-hydrogen) atoms. The van der Waals surface area contributed by atoms with Crippen molar-refractivity contribution in [3.05, 3.63) is 36.0 Å². The van der Waals surface area contributed by atoms with Crippen molar-refractivity contribution in [1.82, 2.24) is 9.78 Å². The average Bonchev–Trinajstić information content (AvgIpc) is 2.87. The number of nitrogens with zero attached hydrogens (tertiary/aromatic N) is 2. The van der Waals surface area contributed by atoms with Gasteiger partial charge >= 0.3 is 0 Å². The summed E-state index contributed by atoms with van der Waals surface area (Å²) in [6, 6.07) is 8.09. The molecule has 0 saturated carbocycles. The van der Waals surface area contributed by atoms with Crippen molar-refractivity contribution in [3.63, 3.8) is 0 Å². The number of hydrogen-bond acceptors (Lipinski definition) is 4. The number of benzene rings is 1. The van der Waals surface area contributed by atoms with Gasteiger partial charge in [-0.25, -0.2) is 4.68 Å². The Bertz CT molecular complexity index is 721. The summed E-state index contributed by atoms with van der Waals surface area (Å²) in [6.07, 6.45) is 0.0656. The monoisotopic (exact) mass is 300 g/mol. The number of anilines is 2. The van der Waals surface area contributed by atoms with E-state index in [0.717, 1.165) is 5.69 Å². The predicted molar refractivity (Wildman–Crippen MR) is 80.9 cm³/mol. The first-order chi connectivity index (χ1) is 10.6. The normalized spacial score (nSPS) is 16.6. The second kappa shape index (κ2) is 5.51. The first-order valence-corrected chi connectivity index (χ1v) is 6.88. The molecule has 7 heteroatoms. The molecule has 1 aliphatic heterocycles. The number of methoxy groups -OCH3 is 1. The van der Waals surface area contributed by atoms with E-state index in [-0.39, 0.29) is 18.2 Å². The van der Waals surface area contributed by atoms with E-state index in [1.165, 1.54) is 0 Å². The van der Waals surface area contributed by atoms with Crippen molar-refractivity contribution in [2.75, 3.05) is 17.7 Å². The highest BCUT2D eigenvalue weighted by Gasteiger charge is 2.31. The van der Waals surface area contributed by atoms with Gasteiger partial charge in [0.1, 0.15) is 17.6 Å². The molecule has 0 aliphatic carbocycles. The number of nitrogens with one attached hydrogen (secondary N) is 2. The Balaban J connectivity index is 1.80. The van der Waals surface area contributed by atoms with Gasteiger partial charge < -0.3 is 15.4 Å². The lowest BCUT2D eigenvalue weighted by molar-refractivity contribution is -0.125. The highest BCUT2D eigenvalue weighted by molar-refractivity contribution is 6.01. The highest BCUT2D eigenvalue weighted by Crippen LogP contribution is 2.26. The summed E-state index contributed by atoms with van der Waals surface area (Å²) in [6.45, 7) is 1.82. The van der Waals surface area contributed by atoms with E-state index in [9.17, 15) is 9.59 Å². The molecule has 1 atom stereocenters. The van der Waals surface area contributed by atoms with Crippen molar-refractivity contribution < 1.29 is 14.3 Å². The average molecular weight is 300 g/mol. The third-order valence-corrected chi connectivity index (χ3v) is 3.46. The molecule has 1 unspecified atom stereocenters. The third kappa shape index (κ3) is 2.65. The van der Waals surface area contributed by atoms with Crippen molar-refractivity contribution in [2.24, 2.45) is 0 Å². The smallest absolute Gasteiger partial charge is 0.249 e. The summed E-state index contributed by atoms with van der Waals surface area (Å²) in [7, 11) is 1.58. The van der Waals surface area contributed by atoms with Crippen LogP contribution in [0.2, 0.25) is 0 Å². The lowest BCUT2D eigenvalue weighted by Gasteiger charge is -2.23. The van der Waals surface area contributed by atoms with E-state index >= 15 is 0 Å².